The molecule has 0 saturated carbocycles. The molecule has 0 aromatic heterocycles. The molecule has 0 aromatic carbocycles. The van der Waals surface area contributed by atoms with E-state index in [0.29, 0.717) is 12.8 Å². The van der Waals surface area contributed by atoms with Crippen LogP contribution in [0, 0.1) is 0 Å². The van der Waals surface area contributed by atoms with Crippen molar-refractivity contribution in [3.63, 3.8) is 0 Å². The predicted molar refractivity (Wildman–Crippen MR) is 53.8 cm³/mol. The minimum absolute atomic E-state index is 0.0316. The van der Waals surface area contributed by atoms with Gasteiger partial charge >= 0.3 is 0 Å². The highest BCUT2D eigenvalue weighted by molar-refractivity contribution is 5.75. The predicted octanol–water partition coefficient (Wildman–Crippen LogP) is 0.311. The number of carbonyl (C=O) groups is 1. The number of hydrogen-bond acceptors (Lipinski definition) is 3. The van der Waals surface area contributed by atoms with Crippen LogP contribution in [-0.4, -0.2) is 19.0 Å². The molecule has 0 saturated heterocycles. The van der Waals surface area contributed by atoms with E-state index < -0.39 is 0 Å². The van der Waals surface area contributed by atoms with Crippen molar-refractivity contribution < 1.29 is 4.79 Å². The van der Waals surface area contributed by atoms with E-state index in [1.165, 1.54) is 0 Å². The molecule has 4 nitrogen and oxygen atoms in total. The summed E-state index contributed by atoms with van der Waals surface area (Å²) in [5, 5.41) is 2.56. The van der Waals surface area contributed by atoms with E-state index in [2.05, 4.69) is 17.3 Å². The lowest BCUT2D eigenvalue weighted by molar-refractivity contribution is -0.120. The maximum atomic E-state index is 10.9. The van der Waals surface area contributed by atoms with E-state index in [9.17, 15) is 4.79 Å². The van der Waals surface area contributed by atoms with Crippen molar-refractivity contribution in [1.29, 1.82) is 0 Å². The van der Waals surface area contributed by atoms with Gasteiger partial charge in [0.2, 0.25) is 5.91 Å². The first-order valence-corrected chi connectivity index (χ1v) is 4.50. The van der Waals surface area contributed by atoms with E-state index in [1.54, 1.807) is 7.05 Å². The maximum Gasteiger partial charge on any atom is 0.219 e. The number of carbonyl (C=O) groups excluding carboxylic acids is 1. The number of rotatable bonds is 6. The second-order valence-electron chi connectivity index (χ2n) is 2.94. The van der Waals surface area contributed by atoms with Crippen LogP contribution in [0.3, 0.4) is 0 Å². The fourth-order valence-corrected chi connectivity index (χ4v) is 1.05. The zero-order valence-electron chi connectivity index (χ0n) is 8.39. The Balaban J connectivity index is 3.85. The van der Waals surface area contributed by atoms with Crippen LogP contribution in [0.2, 0.25) is 0 Å². The normalized spacial score (nSPS) is 12.2. The highest BCUT2D eigenvalue weighted by Crippen LogP contribution is 2.09. The standard InChI is InChI=1S/C9H19N3O/c1-4-7(2)8(12-10)5-6-9(13)11-3/h8,12H,2,4-6,10H2,1,3H3,(H,11,13). The Morgan fingerprint density at radius 3 is 2.62 bits per heavy atom. The smallest absolute Gasteiger partial charge is 0.219 e. The van der Waals surface area contributed by atoms with Gasteiger partial charge < -0.3 is 5.32 Å². The Labute approximate surface area is 79.5 Å². The summed E-state index contributed by atoms with van der Waals surface area (Å²) >= 11 is 0. The molecule has 13 heavy (non-hydrogen) atoms. The molecule has 0 heterocycles. The molecule has 0 spiro atoms. The van der Waals surface area contributed by atoms with Crippen molar-refractivity contribution in [3.8, 4) is 0 Å². The van der Waals surface area contributed by atoms with Gasteiger partial charge in [0.1, 0.15) is 0 Å². The van der Waals surface area contributed by atoms with Gasteiger partial charge in [-0.15, -0.1) is 0 Å². The lowest BCUT2D eigenvalue weighted by Gasteiger charge is -2.16. The molecule has 0 rings (SSSR count). The zero-order chi connectivity index (χ0) is 10.3. The van der Waals surface area contributed by atoms with Crippen LogP contribution in [0.25, 0.3) is 0 Å². The molecule has 1 amide bonds. The van der Waals surface area contributed by atoms with Gasteiger partial charge in [0.05, 0.1) is 0 Å². The molecule has 1 atom stereocenters. The van der Waals surface area contributed by atoms with Gasteiger partial charge in [-0.1, -0.05) is 19.1 Å². The number of hydrogen-bond donors (Lipinski definition) is 3. The second kappa shape index (κ2) is 6.62. The average Bonchev–Trinajstić information content (AvgIpc) is 2.17. The van der Waals surface area contributed by atoms with Gasteiger partial charge in [0.15, 0.2) is 0 Å². The maximum absolute atomic E-state index is 10.9. The minimum atomic E-state index is 0.0316. The summed E-state index contributed by atoms with van der Waals surface area (Å²) in [6.45, 7) is 5.89. The third-order valence-electron chi connectivity index (χ3n) is 2.09. The van der Waals surface area contributed by atoms with Gasteiger partial charge in [-0.25, -0.2) is 0 Å². The topological polar surface area (TPSA) is 67.2 Å². The Morgan fingerprint density at radius 2 is 2.23 bits per heavy atom. The van der Waals surface area contributed by atoms with Gasteiger partial charge in [0, 0.05) is 19.5 Å². The fraction of sp³-hybridized carbons (Fsp3) is 0.667. The van der Waals surface area contributed by atoms with E-state index in [0.717, 1.165) is 12.0 Å². The molecule has 1 unspecified atom stereocenters. The molecule has 0 aliphatic rings. The third kappa shape index (κ3) is 4.65. The van der Waals surface area contributed by atoms with Crippen molar-refractivity contribution in [2.75, 3.05) is 7.05 Å². The Morgan fingerprint density at radius 1 is 1.62 bits per heavy atom. The van der Waals surface area contributed by atoms with Crippen LogP contribution >= 0.6 is 0 Å². The summed E-state index contributed by atoms with van der Waals surface area (Å²) < 4.78 is 0. The van der Waals surface area contributed by atoms with Crippen LogP contribution in [0.5, 0.6) is 0 Å². The third-order valence-corrected chi connectivity index (χ3v) is 2.09. The van der Waals surface area contributed by atoms with Crippen molar-refractivity contribution in [1.82, 2.24) is 10.7 Å². The van der Waals surface area contributed by atoms with E-state index >= 15 is 0 Å². The van der Waals surface area contributed by atoms with Gasteiger partial charge in [0.25, 0.3) is 0 Å². The summed E-state index contributed by atoms with van der Waals surface area (Å²) in [5.74, 6) is 5.37. The van der Waals surface area contributed by atoms with Crippen LogP contribution in [-0.2, 0) is 4.79 Å². The monoisotopic (exact) mass is 185 g/mol. The van der Waals surface area contributed by atoms with Crippen LogP contribution in [0.1, 0.15) is 26.2 Å². The molecule has 0 radical (unpaired) electrons. The number of nitrogens with one attached hydrogen (secondary N) is 2. The first-order valence-electron chi connectivity index (χ1n) is 4.50. The van der Waals surface area contributed by atoms with Crippen LogP contribution in [0.15, 0.2) is 12.2 Å². The molecular weight excluding hydrogens is 166 g/mol. The molecule has 0 aromatic rings. The molecule has 0 aliphatic heterocycles. The van der Waals surface area contributed by atoms with Crippen molar-refractivity contribution in [2.45, 2.75) is 32.2 Å². The summed E-state index contributed by atoms with van der Waals surface area (Å²) in [5.41, 5.74) is 3.69. The molecular formula is C9H19N3O. The molecule has 4 heteroatoms. The van der Waals surface area contributed by atoms with Crippen LogP contribution < -0.4 is 16.6 Å². The highest BCUT2D eigenvalue weighted by atomic mass is 16.1. The lowest BCUT2D eigenvalue weighted by atomic mass is 10.0. The van der Waals surface area contributed by atoms with Crippen LogP contribution in [0.4, 0.5) is 0 Å². The Kier molecular flexibility index (Phi) is 6.18. The zero-order valence-corrected chi connectivity index (χ0v) is 8.39. The Hall–Kier alpha value is -0.870. The van der Waals surface area contributed by atoms with Gasteiger partial charge in [-0.05, 0) is 12.8 Å². The summed E-state index contributed by atoms with van der Waals surface area (Å²) in [6, 6.07) is 0.0438. The molecule has 4 N–H and O–H groups in total. The highest BCUT2D eigenvalue weighted by Gasteiger charge is 2.10. The lowest BCUT2D eigenvalue weighted by Crippen LogP contribution is -2.37. The molecule has 0 fully saturated rings. The fourth-order valence-electron chi connectivity index (χ4n) is 1.05. The summed E-state index contributed by atoms with van der Waals surface area (Å²) in [4.78, 5) is 10.9. The number of hydrazine groups is 1. The van der Waals surface area contributed by atoms with E-state index in [1.807, 2.05) is 6.92 Å². The molecule has 0 aliphatic carbocycles. The van der Waals surface area contributed by atoms with Gasteiger partial charge in [-0.2, -0.15) is 0 Å². The van der Waals surface area contributed by atoms with Gasteiger partial charge in [-0.3, -0.25) is 16.1 Å². The summed E-state index contributed by atoms with van der Waals surface area (Å²) in [6.07, 6.45) is 2.05. The summed E-state index contributed by atoms with van der Waals surface area (Å²) in [7, 11) is 1.63. The number of nitrogens with two attached hydrogens (primary N) is 1. The Bertz CT molecular complexity index is 180. The molecule has 76 valence electrons. The largest absolute Gasteiger partial charge is 0.359 e. The van der Waals surface area contributed by atoms with Crippen molar-refractivity contribution in [3.05, 3.63) is 12.2 Å². The number of amides is 1. The minimum Gasteiger partial charge on any atom is -0.359 e. The SMILES string of the molecule is C=C(CC)C(CCC(=O)NC)NN. The van der Waals surface area contributed by atoms with Crippen molar-refractivity contribution in [2.24, 2.45) is 5.84 Å². The van der Waals surface area contributed by atoms with Crippen molar-refractivity contribution >= 4 is 5.91 Å². The van der Waals surface area contributed by atoms with E-state index in [4.69, 9.17) is 5.84 Å². The second-order valence-corrected chi connectivity index (χ2v) is 2.94. The quantitative estimate of drug-likeness (QED) is 0.317. The van der Waals surface area contributed by atoms with E-state index in [-0.39, 0.29) is 11.9 Å². The first kappa shape index (κ1) is 12.1. The average molecular weight is 185 g/mol. The first-order chi connectivity index (χ1) is 6.15. The molecule has 0 bridgehead atoms.